The van der Waals surface area contributed by atoms with E-state index in [9.17, 15) is 9.59 Å². The maximum atomic E-state index is 12.3. The van der Waals surface area contributed by atoms with Crippen molar-refractivity contribution >= 4 is 34.6 Å². The van der Waals surface area contributed by atoms with Crippen LogP contribution in [0.3, 0.4) is 0 Å². The number of carbonyl (C=O) groups excluding carboxylic acids is 2. The van der Waals surface area contributed by atoms with Crippen molar-refractivity contribution in [2.45, 2.75) is 6.92 Å². The average molecular weight is 346 g/mol. The maximum Gasteiger partial charge on any atom is 0.274 e. The van der Waals surface area contributed by atoms with Gasteiger partial charge < -0.3 is 16.0 Å². The normalized spacial score (nSPS) is 10.0. The average Bonchev–Trinajstić information content (AvgIpc) is 2.64. The van der Waals surface area contributed by atoms with Crippen molar-refractivity contribution in [2.75, 3.05) is 16.0 Å². The number of benzene rings is 2. The van der Waals surface area contributed by atoms with E-state index in [1.807, 2.05) is 42.5 Å². The van der Waals surface area contributed by atoms with E-state index in [0.29, 0.717) is 11.4 Å². The smallest absolute Gasteiger partial charge is 0.274 e. The molecule has 6 heteroatoms. The summed E-state index contributed by atoms with van der Waals surface area (Å²) in [6, 6.07) is 20.0. The first kappa shape index (κ1) is 17.2. The van der Waals surface area contributed by atoms with Gasteiger partial charge in [0.25, 0.3) is 5.91 Å². The molecule has 3 N–H and O–H groups in total. The summed E-state index contributed by atoms with van der Waals surface area (Å²) in [6.45, 7) is 1.46. The van der Waals surface area contributed by atoms with Crippen LogP contribution in [0.5, 0.6) is 0 Å². The number of aromatic nitrogens is 1. The monoisotopic (exact) mass is 346 g/mol. The molecule has 26 heavy (non-hydrogen) atoms. The summed E-state index contributed by atoms with van der Waals surface area (Å²) in [5.74, 6) is -0.394. The Morgan fingerprint density at radius 2 is 1.42 bits per heavy atom. The zero-order chi connectivity index (χ0) is 18.4. The van der Waals surface area contributed by atoms with E-state index in [1.165, 1.54) is 6.92 Å². The fourth-order valence-electron chi connectivity index (χ4n) is 2.36. The van der Waals surface area contributed by atoms with Gasteiger partial charge in [0.05, 0.1) is 0 Å². The van der Waals surface area contributed by atoms with Gasteiger partial charge in [-0.25, -0.2) is 0 Å². The molecule has 1 heterocycles. The molecule has 0 spiro atoms. The van der Waals surface area contributed by atoms with Gasteiger partial charge in [0, 0.05) is 35.9 Å². The Labute approximate surface area is 151 Å². The first-order valence-electron chi connectivity index (χ1n) is 8.07. The summed E-state index contributed by atoms with van der Waals surface area (Å²) in [6.07, 6.45) is 1.58. The Bertz CT molecular complexity index is 909. The molecule has 2 aromatic carbocycles. The minimum absolute atomic E-state index is 0.117. The van der Waals surface area contributed by atoms with Gasteiger partial charge in [-0.2, -0.15) is 0 Å². The predicted octanol–water partition coefficient (Wildman–Crippen LogP) is 4.04. The van der Waals surface area contributed by atoms with Gasteiger partial charge in [-0.3, -0.25) is 14.6 Å². The Morgan fingerprint density at radius 1 is 0.769 bits per heavy atom. The summed E-state index contributed by atoms with van der Waals surface area (Å²) < 4.78 is 0. The second-order valence-corrected chi connectivity index (χ2v) is 5.63. The minimum Gasteiger partial charge on any atom is -0.355 e. The fraction of sp³-hybridized carbons (Fsp3) is 0.0500. The molecule has 0 atom stereocenters. The van der Waals surface area contributed by atoms with Crippen LogP contribution >= 0.6 is 0 Å². The third-order valence-electron chi connectivity index (χ3n) is 3.52. The van der Waals surface area contributed by atoms with E-state index in [0.717, 1.165) is 17.1 Å². The van der Waals surface area contributed by atoms with Crippen LogP contribution in [0.15, 0.2) is 72.9 Å². The molecule has 0 aliphatic carbocycles. The maximum absolute atomic E-state index is 12.3. The van der Waals surface area contributed by atoms with Crippen LogP contribution in [0.1, 0.15) is 17.4 Å². The van der Waals surface area contributed by atoms with Crippen LogP contribution in [-0.4, -0.2) is 16.8 Å². The molecule has 3 aromatic rings. The van der Waals surface area contributed by atoms with E-state index < -0.39 is 0 Å². The summed E-state index contributed by atoms with van der Waals surface area (Å²) >= 11 is 0. The van der Waals surface area contributed by atoms with Crippen molar-refractivity contribution in [3.63, 3.8) is 0 Å². The fourth-order valence-corrected chi connectivity index (χ4v) is 2.36. The highest BCUT2D eigenvalue weighted by molar-refractivity contribution is 6.03. The Kier molecular flexibility index (Phi) is 5.24. The Morgan fingerprint density at radius 3 is 2.12 bits per heavy atom. The number of hydrogen-bond donors (Lipinski definition) is 3. The topological polar surface area (TPSA) is 83.1 Å². The number of hydrogen-bond acceptors (Lipinski definition) is 4. The standard InChI is InChI=1S/C20H18N4O2/c1-14(25)22-16-7-9-17(10-8-16)23-18-11-12-21-19(13-18)20(26)24-15-5-3-2-4-6-15/h2-13H,1H3,(H,21,23)(H,22,25)(H,24,26). The van der Waals surface area contributed by atoms with E-state index in [2.05, 4.69) is 20.9 Å². The van der Waals surface area contributed by atoms with Gasteiger partial charge in [0.2, 0.25) is 5.91 Å². The van der Waals surface area contributed by atoms with Crippen LogP contribution in [0, 0.1) is 0 Å². The molecular weight excluding hydrogens is 328 g/mol. The number of amides is 2. The molecule has 3 rings (SSSR count). The van der Waals surface area contributed by atoms with Crippen molar-refractivity contribution in [2.24, 2.45) is 0 Å². The first-order chi connectivity index (χ1) is 12.6. The van der Waals surface area contributed by atoms with Gasteiger partial charge in [-0.1, -0.05) is 18.2 Å². The highest BCUT2D eigenvalue weighted by Crippen LogP contribution is 2.19. The predicted molar refractivity (Wildman–Crippen MR) is 103 cm³/mol. The second-order valence-electron chi connectivity index (χ2n) is 5.63. The molecule has 1 aromatic heterocycles. The minimum atomic E-state index is -0.277. The highest BCUT2D eigenvalue weighted by atomic mass is 16.2. The lowest BCUT2D eigenvalue weighted by Crippen LogP contribution is -2.13. The summed E-state index contributed by atoms with van der Waals surface area (Å²) in [4.78, 5) is 27.5. The van der Waals surface area contributed by atoms with E-state index in [1.54, 1.807) is 30.5 Å². The van der Waals surface area contributed by atoms with Crippen molar-refractivity contribution in [3.8, 4) is 0 Å². The second kappa shape index (κ2) is 7.94. The summed E-state index contributed by atoms with van der Waals surface area (Å²) in [5, 5.41) is 8.73. The molecule has 0 radical (unpaired) electrons. The molecule has 0 bridgehead atoms. The van der Waals surface area contributed by atoms with Gasteiger partial charge >= 0.3 is 0 Å². The molecule has 2 amide bonds. The first-order valence-corrected chi connectivity index (χ1v) is 8.07. The van der Waals surface area contributed by atoms with Crippen LogP contribution in [0.4, 0.5) is 22.7 Å². The molecule has 0 aliphatic heterocycles. The number of carbonyl (C=O) groups is 2. The highest BCUT2D eigenvalue weighted by Gasteiger charge is 2.08. The van der Waals surface area contributed by atoms with Crippen molar-refractivity contribution in [1.82, 2.24) is 4.98 Å². The lowest BCUT2D eigenvalue weighted by Gasteiger charge is -2.09. The van der Waals surface area contributed by atoms with Gasteiger partial charge in [-0.15, -0.1) is 0 Å². The molecule has 6 nitrogen and oxygen atoms in total. The largest absolute Gasteiger partial charge is 0.355 e. The number of nitrogens with zero attached hydrogens (tertiary/aromatic N) is 1. The van der Waals surface area contributed by atoms with E-state index in [-0.39, 0.29) is 11.8 Å². The molecule has 0 unspecified atom stereocenters. The summed E-state index contributed by atoms with van der Waals surface area (Å²) in [5.41, 5.74) is 3.32. The van der Waals surface area contributed by atoms with Crippen molar-refractivity contribution in [3.05, 3.63) is 78.6 Å². The molecule has 0 saturated heterocycles. The molecule has 130 valence electrons. The number of para-hydroxylation sites is 1. The van der Waals surface area contributed by atoms with Crippen LogP contribution in [0.25, 0.3) is 0 Å². The third-order valence-corrected chi connectivity index (χ3v) is 3.52. The molecule has 0 aliphatic rings. The zero-order valence-corrected chi connectivity index (χ0v) is 14.2. The number of anilines is 4. The van der Waals surface area contributed by atoms with E-state index >= 15 is 0 Å². The molecule has 0 fully saturated rings. The Hall–Kier alpha value is -3.67. The van der Waals surface area contributed by atoms with Crippen LogP contribution in [0.2, 0.25) is 0 Å². The van der Waals surface area contributed by atoms with Crippen molar-refractivity contribution in [1.29, 1.82) is 0 Å². The van der Waals surface area contributed by atoms with Crippen LogP contribution < -0.4 is 16.0 Å². The van der Waals surface area contributed by atoms with Gasteiger partial charge in [-0.05, 0) is 48.5 Å². The quantitative estimate of drug-likeness (QED) is 0.651. The number of pyridine rings is 1. The SMILES string of the molecule is CC(=O)Nc1ccc(Nc2ccnc(C(=O)Nc3ccccc3)c2)cc1. The van der Waals surface area contributed by atoms with Gasteiger partial charge in [0.15, 0.2) is 0 Å². The lowest BCUT2D eigenvalue weighted by atomic mass is 10.2. The summed E-state index contributed by atoms with van der Waals surface area (Å²) in [7, 11) is 0. The van der Waals surface area contributed by atoms with Crippen molar-refractivity contribution < 1.29 is 9.59 Å². The zero-order valence-electron chi connectivity index (χ0n) is 14.2. The van der Waals surface area contributed by atoms with Gasteiger partial charge in [0.1, 0.15) is 5.69 Å². The number of nitrogens with one attached hydrogen (secondary N) is 3. The molecule has 0 saturated carbocycles. The third kappa shape index (κ3) is 4.67. The number of rotatable bonds is 5. The Balaban J connectivity index is 1.69. The van der Waals surface area contributed by atoms with Crippen LogP contribution in [-0.2, 0) is 4.79 Å². The lowest BCUT2D eigenvalue weighted by molar-refractivity contribution is -0.114. The molecular formula is C20H18N4O2. The van der Waals surface area contributed by atoms with E-state index in [4.69, 9.17) is 0 Å².